The highest BCUT2D eigenvalue weighted by Gasteiger charge is 2.31. The summed E-state index contributed by atoms with van der Waals surface area (Å²) in [5, 5.41) is 0.601. The lowest BCUT2D eigenvalue weighted by atomic mass is 10.1. The van der Waals surface area contributed by atoms with Crippen molar-refractivity contribution in [1.29, 1.82) is 0 Å². The third-order valence-electron chi connectivity index (χ3n) is 6.07. The Labute approximate surface area is 209 Å². The molecule has 0 atom stereocenters. The second-order valence-electron chi connectivity index (χ2n) is 8.22. The number of ether oxygens (including phenoxy) is 1. The number of likely N-dealkylation sites (N-methyl/N-ethyl adjacent to an activating group) is 1. The predicted molar refractivity (Wildman–Crippen MR) is 138 cm³/mol. The van der Waals surface area contributed by atoms with Gasteiger partial charge in [-0.25, -0.2) is 4.98 Å². The highest BCUT2D eigenvalue weighted by Crippen LogP contribution is 2.33. The Balaban J connectivity index is 1.68. The number of hydrogen-bond donors (Lipinski definition) is 0. The third-order valence-corrected chi connectivity index (χ3v) is 7.11. The number of fused-ring (bicyclic) bond motifs is 1. The van der Waals surface area contributed by atoms with Crippen molar-refractivity contribution in [3.63, 3.8) is 0 Å². The topological polar surface area (TPSA) is 83.1 Å². The van der Waals surface area contributed by atoms with Gasteiger partial charge in [-0.1, -0.05) is 31.3 Å². The number of carbonyl (C=O) groups excluding carboxylic acids is 3. The van der Waals surface area contributed by atoms with Crippen LogP contribution in [0.5, 0.6) is 5.75 Å². The Morgan fingerprint density at radius 2 is 1.77 bits per heavy atom. The Kier molecular flexibility index (Phi) is 7.77. The van der Waals surface area contributed by atoms with E-state index in [9.17, 15) is 14.4 Å². The number of aromatic nitrogens is 1. The number of imide groups is 1. The fourth-order valence-corrected chi connectivity index (χ4v) is 5.15. The van der Waals surface area contributed by atoms with Crippen LogP contribution in [0, 0.1) is 0 Å². The lowest BCUT2D eigenvalue weighted by Gasteiger charge is -2.25. The molecule has 2 aromatic carbocycles. The average Bonchev–Trinajstić information content (AvgIpc) is 3.43. The van der Waals surface area contributed by atoms with Crippen LogP contribution in [0.15, 0.2) is 42.5 Å². The van der Waals surface area contributed by atoms with Gasteiger partial charge >= 0.3 is 0 Å². The summed E-state index contributed by atoms with van der Waals surface area (Å²) in [6.45, 7) is 9.62. The van der Waals surface area contributed by atoms with Gasteiger partial charge in [0.15, 0.2) is 5.13 Å². The predicted octanol–water partition coefficient (Wildman–Crippen LogP) is 4.34. The van der Waals surface area contributed by atoms with Crippen molar-refractivity contribution in [2.75, 3.05) is 42.6 Å². The van der Waals surface area contributed by atoms with Crippen molar-refractivity contribution in [3.05, 3.63) is 48.0 Å². The maximum absolute atomic E-state index is 13.8. The smallest absolute Gasteiger partial charge is 0.260 e. The van der Waals surface area contributed by atoms with Gasteiger partial charge < -0.3 is 9.64 Å². The number of benzene rings is 2. The van der Waals surface area contributed by atoms with Crippen LogP contribution in [0.3, 0.4) is 0 Å². The van der Waals surface area contributed by atoms with Crippen LogP contribution in [-0.4, -0.2) is 60.4 Å². The standard InChI is InChI=1S/C26H30N4O4S/c1-4-28(5-2)14-15-29(26-27-21-11-10-20(34-6-3)17-22(21)35-26)25(33)18-8-7-9-19(16-18)30-23(31)12-13-24(30)32/h7-11,16-17H,4-6,12-15H2,1-3H3. The van der Waals surface area contributed by atoms with Gasteiger partial charge in [0.25, 0.3) is 5.91 Å². The summed E-state index contributed by atoms with van der Waals surface area (Å²) in [4.78, 5) is 48.1. The molecule has 35 heavy (non-hydrogen) atoms. The van der Waals surface area contributed by atoms with E-state index in [1.54, 1.807) is 29.2 Å². The molecule has 0 bridgehead atoms. The molecule has 2 heterocycles. The first kappa shape index (κ1) is 24.8. The Bertz CT molecular complexity index is 1220. The lowest BCUT2D eigenvalue weighted by Crippen LogP contribution is -2.39. The Morgan fingerprint density at radius 1 is 1.03 bits per heavy atom. The molecule has 1 aliphatic rings. The SMILES string of the molecule is CCOc1ccc2nc(N(CCN(CC)CC)C(=O)c3cccc(N4C(=O)CCC4=O)c3)sc2c1. The van der Waals surface area contributed by atoms with E-state index in [1.807, 2.05) is 25.1 Å². The van der Waals surface area contributed by atoms with Gasteiger partial charge in [-0.2, -0.15) is 0 Å². The monoisotopic (exact) mass is 494 g/mol. The molecular weight excluding hydrogens is 464 g/mol. The van der Waals surface area contributed by atoms with Crippen molar-refractivity contribution in [2.45, 2.75) is 33.6 Å². The highest BCUT2D eigenvalue weighted by atomic mass is 32.1. The Hall–Kier alpha value is -3.30. The number of carbonyl (C=O) groups is 3. The van der Waals surface area contributed by atoms with Gasteiger partial charge in [-0.3, -0.25) is 24.2 Å². The molecule has 0 aliphatic carbocycles. The molecule has 3 amide bonds. The summed E-state index contributed by atoms with van der Waals surface area (Å²) in [6.07, 6.45) is 0.394. The van der Waals surface area contributed by atoms with Crippen LogP contribution in [0.1, 0.15) is 44.0 Å². The quantitative estimate of drug-likeness (QED) is 0.390. The van der Waals surface area contributed by atoms with Gasteiger partial charge in [-0.05, 0) is 56.4 Å². The maximum Gasteiger partial charge on any atom is 0.260 e. The fourth-order valence-electron chi connectivity index (χ4n) is 4.13. The molecule has 1 aliphatic heterocycles. The highest BCUT2D eigenvalue weighted by molar-refractivity contribution is 7.22. The van der Waals surface area contributed by atoms with Gasteiger partial charge in [0.05, 0.1) is 22.5 Å². The number of hydrogen-bond acceptors (Lipinski definition) is 7. The normalized spacial score (nSPS) is 13.8. The maximum atomic E-state index is 13.8. The summed E-state index contributed by atoms with van der Waals surface area (Å²) >= 11 is 1.44. The van der Waals surface area contributed by atoms with E-state index in [-0.39, 0.29) is 30.6 Å². The minimum atomic E-state index is -0.241. The second kappa shape index (κ2) is 11.0. The van der Waals surface area contributed by atoms with E-state index >= 15 is 0 Å². The third kappa shape index (κ3) is 5.36. The minimum absolute atomic E-state index is 0.197. The molecule has 3 aromatic rings. The fraction of sp³-hybridized carbons (Fsp3) is 0.385. The van der Waals surface area contributed by atoms with Crippen molar-refractivity contribution in [1.82, 2.24) is 9.88 Å². The zero-order chi connectivity index (χ0) is 24.9. The van der Waals surface area contributed by atoms with Crippen molar-refractivity contribution < 1.29 is 19.1 Å². The van der Waals surface area contributed by atoms with Gasteiger partial charge in [-0.15, -0.1) is 0 Å². The minimum Gasteiger partial charge on any atom is -0.494 e. The van der Waals surface area contributed by atoms with Crippen LogP contribution in [-0.2, 0) is 9.59 Å². The molecule has 0 radical (unpaired) electrons. The zero-order valence-electron chi connectivity index (χ0n) is 20.3. The molecule has 0 unspecified atom stereocenters. The first-order valence-electron chi connectivity index (χ1n) is 12.0. The van der Waals surface area contributed by atoms with E-state index in [1.165, 1.54) is 16.2 Å². The van der Waals surface area contributed by atoms with E-state index in [0.29, 0.717) is 36.1 Å². The van der Waals surface area contributed by atoms with Gasteiger partial charge in [0, 0.05) is 31.5 Å². The van der Waals surface area contributed by atoms with E-state index < -0.39 is 0 Å². The average molecular weight is 495 g/mol. The van der Waals surface area contributed by atoms with E-state index in [4.69, 9.17) is 9.72 Å². The molecule has 0 spiro atoms. The molecule has 4 rings (SSSR count). The molecule has 9 heteroatoms. The number of nitrogens with zero attached hydrogens (tertiary/aromatic N) is 4. The van der Waals surface area contributed by atoms with Gasteiger partial charge in [0.2, 0.25) is 11.8 Å². The largest absolute Gasteiger partial charge is 0.494 e. The van der Waals surface area contributed by atoms with Crippen LogP contribution >= 0.6 is 11.3 Å². The van der Waals surface area contributed by atoms with Crippen LogP contribution in [0.25, 0.3) is 10.2 Å². The Morgan fingerprint density at radius 3 is 2.46 bits per heavy atom. The van der Waals surface area contributed by atoms with Crippen molar-refractivity contribution in [3.8, 4) is 5.75 Å². The summed E-state index contributed by atoms with van der Waals surface area (Å²) in [5.41, 5.74) is 1.64. The molecule has 184 valence electrons. The molecule has 0 N–H and O–H groups in total. The molecular formula is C26H30N4O4S. The molecule has 0 saturated carbocycles. The first-order valence-corrected chi connectivity index (χ1v) is 12.8. The van der Waals surface area contributed by atoms with E-state index in [2.05, 4.69) is 18.7 Å². The summed E-state index contributed by atoms with van der Waals surface area (Å²) < 4.78 is 6.56. The first-order chi connectivity index (χ1) is 16.9. The second-order valence-corrected chi connectivity index (χ2v) is 9.22. The molecule has 1 saturated heterocycles. The molecule has 1 fully saturated rings. The molecule has 1 aromatic heterocycles. The number of amides is 3. The van der Waals surface area contributed by atoms with Gasteiger partial charge in [0.1, 0.15) is 5.75 Å². The van der Waals surface area contributed by atoms with Crippen molar-refractivity contribution in [2.24, 2.45) is 0 Å². The zero-order valence-corrected chi connectivity index (χ0v) is 21.1. The van der Waals surface area contributed by atoms with Crippen molar-refractivity contribution >= 4 is 50.1 Å². The van der Waals surface area contributed by atoms with E-state index in [0.717, 1.165) is 29.1 Å². The summed E-state index contributed by atoms with van der Waals surface area (Å²) in [6, 6.07) is 12.4. The van der Waals surface area contributed by atoms with Crippen LogP contribution < -0.4 is 14.5 Å². The summed E-state index contributed by atoms with van der Waals surface area (Å²) in [7, 11) is 0. The molecule has 8 nitrogen and oxygen atoms in total. The number of anilines is 2. The van der Waals surface area contributed by atoms with Crippen LogP contribution in [0.2, 0.25) is 0 Å². The summed E-state index contributed by atoms with van der Waals surface area (Å²) in [5.74, 6) is 0.0644. The number of rotatable bonds is 10. The lowest BCUT2D eigenvalue weighted by molar-refractivity contribution is -0.121. The van der Waals surface area contributed by atoms with Crippen LogP contribution in [0.4, 0.5) is 10.8 Å². The number of thiazole rings is 1.